The van der Waals surface area contributed by atoms with E-state index < -0.39 is 0 Å². The van der Waals surface area contributed by atoms with Crippen molar-refractivity contribution in [3.8, 4) is 0 Å². The molecule has 0 aliphatic rings. The Bertz CT molecular complexity index is 466. The van der Waals surface area contributed by atoms with Crippen molar-refractivity contribution in [1.29, 1.82) is 0 Å². The molecule has 0 bridgehead atoms. The molecule has 0 aliphatic heterocycles. The van der Waals surface area contributed by atoms with E-state index in [0.29, 0.717) is 19.1 Å². The summed E-state index contributed by atoms with van der Waals surface area (Å²) in [5.41, 5.74) is 3.07. The van der Waals surface area contributed by atoms with Gasteiger partial charge in [-0.25, -0.2) is 4.99 Å². The lowest BCUT2D eigenvalue weighted by Gasteiger charge is -2.09. The van der Waals surface area contributed by atoms with Crippen LogP contribution in [0.2, 0.25) is 0 Å². The van der Waals surface area contributed by atoms with Crippen LogP contribution < -0.4 is 0 Å². The van der Waals surface area contributed by atoms with Gasteiger partial charge in [-0.15, -0.1) is 0 Å². The first kappa shape index (κ1) is 15.2. The summed E-state index contributed by atoms with van der Waals surface area (Å²) in [7, 11) is 0. The number of rotatable bonds is 5. The molecule has 0 radical (unpaired) electrons. The third-order valence-corrected chi connectivity index (χ3v) is 2.73. The standard InChI is InChI=1S/C15H21NO3/c1-5-18-14(10-15(17)19-6-2)16-13-9-7-8-11(3)12(13)4/h7-9H,5-6,10H2,1-4H3. The molecule has 1 aromatic rings. The normalized spacial score (nSPS) is 11.3. The van der Waals surface area contributed by atoms with Crippen LogP contribution in [0.15, 0.2) is 23.2 Å². The van der Waals surface area contributed by atoms with Gasteiger partial charge in [-0.1, -0.05) is 12.1 Å². The van der Waals surface area contributed by atoms with E-state index in [-0.39, 0.29) is 12.4 Å². The molecule has 4 nitrogen and oxygen atoms in total. The van der Waals surface area contributed by atoms with Gasteiger partial charge in [0.15, 0.2) is 5.90 Å². The lowest BCUT2D eigenvalue weighted by molar-refractivity contribution is -0.141. The Hall–Kier alpha value is -1.84. The Balaban J connectivity index is 2.94. The molecule has 0 amide bonds. The largest absolute Gasteiger partial charge is 0.481 e. The van der Waals surface area contributed by atoms with Crippen molar-refractivity contribution in [1.82, 2.24) is 0 Å². The number of carbonyl (C=O) groups excluding carboxylic acids is 1. The maximum absolute atomic E-state index is 11.5. The second-order valence-corrected chi connectivity index (χ2v) is 4.14. The van der Waals surface area contributed by atoms with Gasteiger partial charge in [0.05, 0.1) is 18.9 Å². The molecule has 0 fully saturated rings. The SMILES string of the molecule is CCOC(=O)CC(=Nc1cccc(C)c1C)OCC. The summed E-state index contributed by atoms with van der Waals surface area (Å²) in [6.45, 7) is 8.51. The van der Waals surface area contributed by atoms with Gasteiger partial charge in [0, 0.05) is 0 Å². The van der Waals surface area contributed by atoms with Crippen molar-refractivity contribution < 1.29 is 14.3 Å². The van der Waals surface area contributed by atoms with Crippen LogP contribution in [0.1, 0.15) is 31.4 Å². The fourth-order valence-electron chi connectivity index (χ4n) is 1.62. The third kappa shape index (κ3) is 4.73. The Morgan fingerprint density at radius 1 is 1.16 bits per heavy atom. The Morgan fingerprint density at radius 3 is 2.47 bits per heavy atom. The number of aliphatic imine (C=N–C) groups is 1. The van der Waals surface area contributed by atoms with E-state index >= 15 is 0 Å². The fraction of sp³-hybridized carbons (Fsp3) is 0.467. The Morgan fingerprint density at radius 2 is 1.84 bits per heavy atom. The lowest BCUT2D eigenvalue weighted by Crippen LogP contribution is -2.14. The van der Waals surface area contributed by atoms with Crippen LogP contribution in [-0.4, -0.2) is 25.1 Å². The predicted molar refractivity (Wildman–Crippen MR) is 75.9 cm³/mol. The summed E-state index contributed by atoms with van der Waals surface area (Å²) in [5, 5.41) is 0. The number of ether oxygens (including phenoxy) is 2. The van der Waals surface area contributed by atoms with Gasteiger partial charge >= 0.3 is 5.97 Å². The predicted octanol–water partition coefficient (Wildman–Crippen LogP) is 3.32. The zero-order valence-corrected chi connectivity index (χ0v) is 12.0. The monoisotopic (exact) mass is 263 g/mol. The molecule has 19 heavy (non-hydrogen) atoms. The first-order chi connectivity index (χ1) is 9.08. The minimum absolute atomic E-state index is 0.0645. The molecule has 0 saturated carbocycles. The fourth-order valence-corrected chi connectivity index (χ4v) is 1.62. The molecule has 0 unspecified atom stereocenters. The molecule has 0 aliphatic carbocycles. The van der Waals surface area contributed by atoms with Crippen molar-refractivity contribution in [3.63, 3.8) is 0 Å². The van der Waals surface area contributed by atoms with Crippen molar-refractivity contribution >= 4 is 17.6 Å². The number of hydrogen-bond donors (Lipinski definition) is 0. The quantitative estimate of drug-likeness (QED) is 0.465. The highest BCUT2D eigenvalue weighted by Crippen LogP contribution is 2.22. The van der Waals surface area contributed by atoms with Crippen molar-refractivity contribution in [2.45, 2.75) is 34.1 Å². The Kier molecular flexibility index (Phi) is 6.06. The number of benzene rings is 1. The first-order valence-electron chi connectivity index (χ1n) is 6.50. The highest BCUT2D eigenvalue weighted by Gasteiger charge is 2.10. The third-order valence-electron chi connectivity index (χ3n) is 2.73. The van der Waals surface area contributed by atoms with Crippen molar-refractivity contribution in [2.24, 2.45) is 4.99 Å². The average molecular weight is 263 g/mol. The Labute approximate surface area is 114 Å². The summed E-state index contributed by atoms with van der Waals surface area (Å²) in [5.74, 6) is 0.0784. The van der Waals surface area contributed by atoms with Gasteiger partial charge in [-0.05, 0) is 44.9 Å². The minimum atomic E-state index is -0.319. The smallest absolute Gasteiger partial charge is 0.315 e. The maximum atomic E-state index is 11.5. The zero-order chi connectivity index (χ0) is 14.3. The van der Waals surface area contributed by atoms with Crippen molar-refractivity contribution in [3.05, 3.63) is 29.3 Å². The molecule has 0 atom stereocenters. The molecule has 0 N–H and O–H groups in total. The van der Waals surface area contributed by atoms with Crippen LogP contribution in [0.25, 0.3) is 0 Å². The number of hydrogen-bond acceptors (Lipinski definition) is 4. The van der Waals surface area contributed by atoms with E-state index in [2.05, 4.69) is 4.99 Å². The van der Waals surface area contributed by atoms with Crippen LogP contribution in [-0.2, 0) is 14.3 Å². The molecule has 0 saturated heterocycles. The van der Waals surface area contributed by atoms with Gasteiger partial charge in [-0.2, -0.15) is 0 Å². The molecule has 0 heterocycles. The van der Waals surface area contributed by atoms with Gasteiger partial charge in [-0.3, -0.25) is 4.79 Å². The summed E-state index contributed by atoms with van der Waals surface area (Å²) in [4.78, 5) is 15.9. The topological polar surface area (TPSA) is 47.9 Å². The summed E-state index contributed by atoms with van der Waals surface area (Å²) >= 11 is 0. The molecule has 1 rings (SSSR count). The number of carbonyl (C=O) groups is 1. The van der Waals surface area contributed by atoms with E-state index in [0.717, 1.165) is 16.8 Å². The van der Waals surface area contributed by atoms with E-state index in [1.165, 1.54) is 0 Å². The van der Waals surface area contributed by atoms with Crippen LogP contribution in [0.4, 0.5) is 5.69 Å². The van der Waals surface area contributed by atoms with Crippen LogP contribution in [0.3, 0.4) is 0 Å². The van der Waals surface area contributed by atoms with E-state index in [9.17, 15) is 4.79 Å². The molecule has 0 aromatic heterocycles. The number of esters is 1. The zero-order valence-electron chi connectivity index (χ0n) is 12.0. The van der Waals surface area contributed by atoms with Gasteiger partial charge < -0.3 is 9.47 Å². The van der Waals surface area contributed by atoms with Crippen molar-refractivity contribution in [2.75, 3.05) is 13.2 Å². The van der Waals surface area contributed by atoms with Gasteiger partial charge in [0.2, 0.25) is 0 Å². The van der Waals surface area contributed by atoms with E-state index in [4.69, 9.17) is 9.47 Å². The van der Waals surface area contributed by atoms with Crippen LogP contribution >= 0.6 is 0 Å². The lowest BCUT2D eigenvalue weighted by atomic mass is 10.1. The van der Waals surface area contributed by atoms with Gasteiger partial charge in [0.25, 0.3) is 0 Å². The average Bonchev–Trinajstić information content (AvgIpc) is 2.35. The van der Waals surface area contributed by atoms with E-state index in [1.807, 2.05) is 39.0 Å². The van der Waals surface area contributed by atoms with Crippen LogP contribution in [0.5, 0.6) is 0 Å². The highest BCUT2D eigenvalue weighted by atomic mass is 16.5. The second-order valence-electron chi connectivity index (χ2n) is 4.14. The molecule has 0 spiro atoms. The molecular weight excluding hydrogens is 242 g/mol. The molecule has 1 aromatic carbocycles. The highest BCUT2D eigenvalue weighted by molar-refractivity contribution is 5.95. The van der Waals surface area contributed by atoms with Gasteiger partial charge in [0.1, 0.15) is 6.42 Å². The summed E-state index contributed by atoms with van der Waals surface area (Å²) < 4.78 is 10.3. The minimum Gasteiger partial charge on any atom is -0.481 e. The summed E-state index contributed by atoms with van der Waals surface area (Å²) in [6.07, 6.45) is 0.0645. The second kappa shape index (κ2) is 7.56. The first-order valence-corrected chi connectivity index (χ1v) is 6.50. The van der Waals surface area contributed by atoms with E-state index in [1.54, 1.807) is 6.92 Å². The number of aryl methyl sites for hydroxylation is 1. The summed E-state index contributed by atoms with van der Waals surface area (Å²) in [6, 6.07) is 5.88. The maximum Gasteiger partial charge on any atom is 0.315 e. The van der Waals surface area contributed by atoms with Crippen LogP contribution in [0, 0.1) is 13.8 Å². The molecular formula is C15H21NO3. The molecule has 4 heteroatoms. The molecule has 104 valence electrons. The number of nitrogens with zero attached hydrogens (tertiary/aromatic N) is 1.